The fourth-order valence-electron chi connectivity index (χ4n) is 2.29. The molecule has 0 aliphatic carbocycles. The zero-order valence-electron chi connectivity index (χ0n) is 13.9. The summed E-state index contributed by atoms with van der Waals surface area (Å²) in [6, 6.07) is 6.29. The van der Waals surface area contributed by atoms with Gasteiger partial charge in [0.25, 0.3) is 0 Å². The average molecular weight is 294 g/mol. The van der Waals surface area contributed by atoms with Gasteiger partial charge in [-0.3, -0.25) is 0 Å². The highest BCUT2D eigenvalue weighted by atomic mass is 16.5. The fourth-order valence-corrected chi connectivity index (χ4v) is 2.29. The number of nitrogens with one attached hydrogen (secondary N) is 1. The molecule has 0 aliphatic heterocycles. The molecule has 0 atom stereocenters. The van der Waals surface area contributed by atoms with Gasteiger partial charge in [0.05, 0.1) is 19.4 Å². The van der Waals surface area contributed by atoms with E-state index in [1.807, 2.05) is 0 Å². The van der Waals surface area contributed by atoms with Crippen LogP contribution in [0.1, 0.15) is 32.8 Å². The summed E-state index contributed by atoms with van der Waals surface area (Å²) in [5, 5.41) is 12.6. The van der Waals surface area contributed by atoms with Crippen molar-refractivity contribution < 1.29 is 9.84 Å². The lowest BCUT2D eigenvalue weighted by Gasteiger charge is -2.24. The van der Waals surface area contributed by atoms with Gasteiger partial charge < -0.3 is 20.1 Å². The monoisotopic (exact) mass is 294 g/mol. The van der Waals surface area contributed by atoms with Crippen LogP contribution in [0.5, 0.6) is 5.75 Å². The van der Waals surface area contributed by atoms with Crippen LogP contribution < -0.4 is 15.0 Å². The molecule has 0 radical (unpaired) electrons. The Labute approximate surface area is 129 Å². The maximum absolute atomic E-state index is 9.14. The Balaban J connectivity index is 2.69. The summed E-state index contributed by atoms with van der Waals surface area (Å²) in [7, 11) is 1.70. The smallest absolute Gasteiger partial charge is 0.142 e. The Bertz CT molecular complexity index is 408. The molecule has 0 saturated carbocycles. The number of ether oxygens (including phenoxy) is 1. The molecule has 0 unspecified atom stereocenters. The van der Waals surface area contributed by atoms with E-state index in [4.69, 9.17) is 9.84 Å². The predicted molar refractivity (Wildman–Crippen MR) is 89.1 cm³/mol. The second kappa shape index (κ2) is 9.64. The van der Waals surface area contributed by atoms with Crippen molar-refractivity contribution in [1.82, 2.24) is 5.32 Å². The van der Waals surface area contributed by atoms with Gasteiger partial charge in [-0.2, -0.15) is 0 Å². The molecule has 0 fully saturated rings. The number of aliphatic hydroxyl groups is 1. The molecule has 21 heavy (non-hydrogen) atoms. The van der Waals surface area contributed by atoms with Crippen LogP contribution in [0.4, 0.5) is 5.69 Å². The highest BCUT2D eigenvalue weighted by Crippen LogP contribution is 2.29. The van der Waals surface area contributed by atoms with Crippen molar-refractivity contribution in [3.63, 3.8) is 0 Å². The van der Waals surface area contributed by atoms with Gasteiger partial charge in [0.1, 0.15) is 5.75 Å². The van der Waals surface area contributed by atoms with Crippen molar-refractivity contribution in [3.05, 3.63) is 23.8 Å². The predicted octanol–water partition coefficient (Wildman–Crippen LogP) is 2.65. The molecule has 4 heteroatoms. The van der Waals surface area contributed by atoms with Gasteiger partial charge in [0.2, 0.25) is 0 Å². The summed E-state index contributed by atoms with van der Waals surface area (Å²) in [5.74, 6) is 1.60. The SMILES string of the molecule is CCN(CCO)c1ccc(CNCCC(C)C)cc1OC. The first-order chi connectivity index (χ1) is 10.1. The van der Waals surface area contributed by atoms with Crippen molar-refractivity contribution >= 4 is 5.69 Å². The zero-order valence-corrected chi connectivity index (χ0v) is 13.9. The first kappa shape index (κ1) is 17.8. The Kier molecular flexibility index (Phi) is 8.16. The third kappa shape index (κ3) is 5.94. The number of hydrogen-bond donors (Lipinski definition) is 2. The maximum Gasteiger partial charge on any atom is 0.142 e. The normalized spacial score (nSPS) is 11.0. The van der Waals surface area contributed by atoms with Gasteiger partial charge in [-0.15, -0.1) is 0 Å². The van der Waals surface area contributed by atoms with Gasteiger partial charge in [0, 0.05) is 19.6 Å². The molecule has 0 spiro atoms. The largest absolute Gasteiger partial charge is 0.495 e. The fraction of sp³-hybridized carbons (Fsp3) is 0.647. The Hall–Kier alpha value is -1.26. The van der Waals surface area contributed by atoms with E-state index in [2.05, 4.69) is 49.2 Å². The molecule has 2 N–H and O–H groups in total. The van der Waals surface area contributed by atoms with Gasteiger partial charge in [0.15, 0.2) is 0 Å². The van der Waals surface area contributed by atoms with E-state index in [1.54, 1.807) is 7.11 Å². The second-order valence-corrected chi connectivity index (χ2v) is 5.67. The number of methoxy groups -OCH3 is 1. The molecule has 0 amide bonds. The van der Waals surface area contributed by atoms with Crippen LogP contribution in [0, 0.1) is 5.92 Å². The molecule has 0 aromatic heterocycles. The average Bonchev–Trinajstić information content (AvgIpc) is 2.49. The topological polar surface area (TPSA) is 44.7 Å². The van der Waals surface area contributed by atoms with E-state index in [0.29, 0.717) is 6.54 Å². The van der Waals surface area contributed by atoms with Crippen LogP contribution in [0.15, 0.2) is 18.2 Å². The minimum Gasteiger partial charge on any atom is -0.495 e. The summed E-state index contributed by atoms with van der Waals surface area (Å²) in [5.41, 5.74) is 2.26. The number of rotatable bonds is 10. The van der Waals surface area contributed by atoms with E-state index in [-0.39, 0.29) is 6.61 Å². The summed E-state index contributed by atoms with van der Waals surface area (Å²) in [6.07, 6.45) is 1.19. The molecular weight excluding hydrogens is 264 g/mol. The lowest BCUT2D eigenvalue weighted by molar-refractivity contribution is 0.302. The molecule has 0 heterocycles. The Morgan fingerprint density at radius 2 is 2.10 bits per heavy atom. The quantitative estimate of drug-likeness (QED) is 0.651. The van der Waals surface area contributed by atoms with Crippen LogP contribution in [-0.4, -0.2) is 38.5 Å². The van der Waals surface area contributed by atoms with E-state index in [1.165, 1.54) is 12.0 Å². The van der Waals surface area contributed by atoms with E-state index < -0.39 is 0 Å². The van der Waals surface area contributed by atoms with Crippen LogP contribution in [0.2, 0.25) is 0 Å². The third-order valence-corrected chi connectivity index (χ3v) is 3.56. The number of benzene rings is 1. The third-order valence-electron chi connectivity index (χ3n) is 3.56. The number of likely N-dealkylation sites (N-methyl/N-ethyl adjacent to an activating group) is 1. The van der Waals surface area contributed by atoms with Crippen molar-refractivity contribution in [2.75, 3.05) is 38.3 Å². The first-order valence-corrected chi connectivity index (χ1v) is 7.85. The number of anilines is 1. The van der Waals surface area contributed by atoms with Gasteiger partial charge in [-0.05, 0) is 43.5 Å². The number of hydrogen-bond acceptors (Lipinski definition) is 4. The standard InChI is InChI=1S/C17H30N2O2/c1-5-19(10-11-20)16-7-6-15(12-17(16)21-4)13-18-9-8-14(2)3/h6-7,12,14,18,20H,5,8-11,13H2,1-4H3. The molecule has 4 nitrogen and oxygen atoms in total. The van der Waals surface area contributed by atoms with Crippen molar-refractivity contribution in [3.8, 4) is 5.75 Å². The summed E-state index contributed by atoms with van der Waals surface area (Å²) < 4.78 is 5.51. The zero-order chi connectivity index (χ0) is 15.7. The minimum atomic E-state index is 0.148. The number of nitrogens with zero attached hydrogens (tertiary/aromatic N) is 1. The highest BCUT2D eigenvalue weighted by Gasteiger charge is 2.10. The highest BCUT2D eigenvalue weighted by molar-refractivity contribution is 5.59. The van der Waals surface area contributed by atoms with Crippen LogP contribution in [0.3, 0.4) is 0 Å². The minimum absolute atomic E-state index is 0.148. The van der Waals surface area contributed by atoms with E-state index in [9.17, 15) is 0 Å². The van der Waals surface area contributed by atoms with Crippen molar-refractivity contribution in [2.45, 2.75) is 33.7 Å². The lowest BCUT2D eigenvalue weighted by Crippen LogP contribution is -2.26. The lowest BCUT2D eigenvalue weighted by atomic mass is 10.1. The van der Waals surface area contributed by atoms with Gasteiger partial charge in [-0.1, -0.05) is 19.9 Å². The summed E-state index contributed by atoms with van der Waals surface area (Å²) >= 11 is 0. The van der Waals surface area contributed by atoms with E-state index >= 15 is 0 Å². The van der Waals surface area contributed by atoms with Gasteiger partial charge in [-0.25, -0.2) is 0 Å². The number of aliphatic hydroxyl groups excluding tert-OH is 1. The van der Waals surface area contributed by atoms with Gasteiger partial charge >= 0.3 is 0 Å². The molecular formula is C17H30N2O2. The van der Waals surface area contributed by atoms with E-state index in [0.717, 1.165) is 37.0 Å². The van der Waals surface area contributed by atoms with Crippen molar-refractivity contribution in [1.29, 1.82) is 0 Å². The Morgan fingerprint density at radius 1 is 1.33 bits per heavy atom. The molecule has 120 valence electrons. The Morgan fingerprint density at radius 3 is 2.67 bits per heavy atom. The summed E-state index contributed by atoms with van der Waals surface area (Å²) in [6.45, 7) is 10.1. The molecule has 1 aromatic rings. The van der Waals surface area contributed by atoms with Crippen molar-refractivity contribution in [2.24, 2.45) is 5.92 Å². The van der Waals surface area contributed by atoms with Crippen LogP contribution >= 0.6 is 0 Å². The maximum atomic E-state index is 9.14. The molecule has 0 saturated heterocycles. The first-order valence-electron chi connectivity index (χ1n) is 7.85. The molecule has 0 bridgehead atoms. The molecule has 0 aliphatic rings. The van der Waals surface area contributed by atoms with Crippen LogP contribution in [0.25, 0.3) is 0 Å². The molecule has 1 aromatic carbocycles. The summed E-state index contributed by atoms with van der Waals surface area (Å²) in [4.78, 5) is 2.12. The molecule has 1 rings (SSSR count). The van der Waals surface area contributed by atoms with Crippen LogP contribution in [-0.2, 0) is 6.54 Å². The second-order valence-electron chi connectivity index (χ2n) is 5.67.